The van der Waals surface area contributed by atoms with E-state index in [1.807, 2.05) is 0 Å². The number of nitro benzene ring substituents is 1. The van der Waals surface area contributed by atoms with Crippen molar-refractivity contribution >= 4 is 23.1 Å². The Bertz CT molecular complexity index is 739. The number of nitro groups is 1. The Balaban J connectivity index is 2.61. The van der Waals surface area contributed by atoms with Crippen LogP contribution in [0.25, 0.3) is 0 Å². The van der Waals surface area contributed by atoms with E-state index in [1.165, 1.54) is 16.8 Å². The highest BCUT2D eigenvalue weighted by molar-refractivity contribution is 6.31. The van der Waals surface area contributed by atoms with E-state index in [1.54, 1.807) is 13.8 Å². The molecule has 1 aromatic carbocycles. The highest BCUT2D eigenvalue weighted by Crippen LogP contribution is 2.29. The molecule has 1 heterocycles. The molecule has 0 bridgehead atoms. The van der Waals surface area contributed by atoms with Gasteiger partial charge in [-0.1, -0.05) is 11.6 Å². The van der Waals surface area contributed by atoms with Crippen LogP contribution in [-0.4, -0.2) is 25.6 Å². The molecular weight excluding hydrogens is 298 g/mol. The Morgan fingerprint density at radius 2 is 2.19 bits per heavy atom. The van der Waals surface area contributed by atoms with Gasteiger partial charge in [0.15, 0.2) is 0 Å². The number of carbonyl (C=O) groups is 1. The van der Waals surface area contributed by atoms with Gasteiger partial charge < -0.3 is 5.11 Å². The molecule has 0 fully saturated rings. The number of carbonyl (C=O) groups excluding carboxylic acids is 1. The highest BCUT2D eigenvalue weighted by Gasteiger charge is 2.27. The molecule has 0 aliphatic rings. The van der Waals surface area contributed by atoms with Gasteiger partial charge in [0.25, 0.3) is 5.69 Å². The molecule has 0 unspecified atom stereocenters. The Labute approximate surface area is 124 Å². The summed E-state index contributed by atoms with van der Waals surface area (Å²) in [4.78, 5) is 22.9. The number of aryl methyl sites for hydroxylation is 2. The molecule has 21 heavy (non-hydrogen) atoms. The molecule has 1 N–H and O–H groups in total. The summed E-state index contributed by atoms with van der Waals surface area (Å²) >= 11 is 5.72. The molecule has 0 radical (unpaired) electrons. The first-order valence-corrected chi connectivity index (χ1v) is 6.49. The predicted molar refractivity (Wildman–Crippen MR) is 75.8 cm³/mol. The maximum Gasteiger partial charge on any atom is 0.282 e. The van der Waals surface area contributed by atoms with Gasteiger partial charge in [-0.25, -0.2) is 4.68 Å². The number of aromatic nitrogens is 2. The minimum atomic E-state index is -0.685. The molecule has 0 aliphatic carbocycles. The van der Waals surface area contributed by atoms with Gasteiger partial charge in [-0.2, -0.15) is 5.10 Å². The van der Waals surface area contributed by atoms with Crippen LogP contribution in [0.4, 0.5) is 5.69 Å². The molecule has 8 heteroatoms. The minimum Gasteiger partial charge on any atom is -0.493 e. The van der Waals surface area contributed by atoms with Crippen LogP contribution < -0.4 is 0 Å². The van der Waals surface area contributed by atoms with Crippen LogP contribution in [0.2, 0.25) is 5.02 Å². The van der Waals surface area contributed by atoms with Crippen LogP contribution in [-0.2, 0) is 6.54 Å². The molecule has 7 nitrogen and oxygen atoms in total. The van der Waals surface area contributed by atoms with Gasteiger partial charge in [0.05, 0.1) is 10.6 Å². The number of aromatic hydroxyl groups is 1. The van der Waals surface area contributed by atoms with Crippen LogP contribution in [0.3, 0.4) is 0 Å². The molecule has 0 atom stereocenters. The first-order valence-electron chi connectivity index (χ1n) is 6.11. The second kappa shape index (κ2) is 5.53. The zero-order valence-corrected chi connectivity index (χ0v) is 12.1. The Morgan fingerprint density at radius 3 is 2.71 bits per heavy atom. The fraction of sp³-hybridized carbons (Fsp3) is 0.231. The van der Waals surface area contributed by atoms with Crippen molar-refractivity contribution in [3.8, 4) is 5.88 Å². The van der Waals surface area contributed by atoms with Crippen molar-refractivity contribution in [1.82, 2.24) is 9.78 Å². The summed E-state index contributed by atoms with van der Waals surface area (Å²) in [5.41, 5.74) is -0.278. The normalized spacial score (nSPS) is 10.6. The van der Waals surface area contributed by atoms with Crippen LogP contribution >= 0.6 is 11.6 Å². The van der Waals surface area contributed by atoms with E-state index in [9.17, 15) is 20.0 Å². The smallest absolute Gasteiger partial charge is 0.282 e. The van der Waals surface area contributed by atoms with Crippen LogP contribution in [0.5, 0.6) is 5.88 Å². The van der Waals surface area contributed by atoms with E-state index in [4.69, 9.17) is 11.6 Å². The number of nitrogens with zero attached hydrogens (tertiary/aromatic N) is 3. The molecule has 0 spiro atoms. The number of benzene rings is 1. The molecule has 2 rings (SSSR count). The Hall–Kier alpha value is -2.41. The fourth-order valence-electron chi connectivity index (χ4n) is 2.04. The molecular formula is C13H12ClN3O4. The average Bonchev–Trinajstić information content (AvgIpc) is 2.72. The summed E-state index contributed by atoms with van der Waals surface area (Å²) in [6.45, 7) is 3.69. The predicted octanol–water partition coefficient (Wildman–Crippen LogP) is 2.71. The van der Waals surface area contributed by atoms with Gasteiger partial charge in [0.2, 0.25) is 11.7 Å². The maximum absolute atomic E-state index is 12.5. The first kappa shape index (κ1) is 15.0. The first-order chi connectivity index (χ1) is 9.86. The van der Waals surface area contributed by atoms with Crippen LogP contribution in [0.1, 0.15) is 28.5 Å². The van der Waals surface area contributed by atoms with Crippen molar-refractivity contribution in [3.05, 3.63) is 50.2 Å². The third kappa shape index (κ3) is 2.59. The highest BCUT2D eigenvalue weighted by atomic mass is 35.5. The van der Waals surface area contributed by atoms with E-state index >= 15 is 0 Å². The van der Waals surface area contributed by atoms with Gasteiger partial charge in [0.1, 0.15) is 11.1 Å². The zero-order valence-electron chi connectivity index (χ0n) is 11.3. The van der Waals surface area contributed by atoms with Gasteiger partial charge in [-0.15, -0.1) is 0 Å². The van der Waals surface area contributed by atoms with Crippen molar-refractivity contribution < 1.29 is 14.8 Å². The lowest BCUT2D eigenvalue weighted by molar-refractivity contribution is -0.385. The lowest BCUT2D eigenvalue weighted by Gasteiger charge is -2.03. The largest absolute Gasteiger partial charge is 0.493 e. The molecule has 1 aromatic heterocycles. The van der Waals surface area contributed by atoms with Gasteiger partial charge in [0, 0.05) is 17.6 Å². The molecule has 0 saturated heterocycles. The minimum absolute atomic E-state index is 0.0396. The second-order valence-electron chi connectivity index (χ2n) is 4.35. The van der Waals surface area contributed by atoms with E-state index in [0.717, 1.165) is 6.07 Å². The second-order valence-corrected chi connectivity index (χ2v) is 4.78. The summed E-state index contributed by atoms with van der Waals surface area (Å²) in [7, 11) is 0. The third-order valence-corrected chi connectivity index (χ3v) is 3.26. The number of hydrogen-bond acceptors (Lipinski definition) is 5. The summed E-state index contributed by atoms with van der Waals surface area (Å²) in [6, 6.07) is 3.76. The van der Waals surface area contributed by atoms with Gasteiger partial charge >= 0.3 is 0 Å². The van der Waals surface area contributed by atoms with E-state index < -0.39 is 16.4 Å². The lowest BCUT2D eigenvalue weighted by Crippen LogP contribution is -2.06. The van der Waals surface area contributed by atoms with E-state index in [-0.39, 0.29) is 22.0 Å². The Kier molecular flexibility index (Phi) is 3.95. The quantitative estimate of drug-likeness (QED) is 0.532. The van der Waals surface area contributed by atoms with E-state index in [0.29, 0.717) is 12.2 Å². The third-order valence-electron chi connectivity index (χ3n) is 3.03. The summed E-state index contributed by atoms with van der Waals surface area (Å²) in [5, 5.41) is 25.2. The van der Waals surface area contributed by atoms with Crippen molar-refractivity contribution in [2.75, 3.05) is 0 Å². The molecule has 0 aliphatic heterocycles. The van der Waals surface area contributed by atoms with Crippen molar-refractivity contribution in [2.24, 2.45) is 0 Å². The Morgan fingerprint density at radius 1 is 1.52 bits per heavy atom. The average molecular weight is 310 g/mol. The zero-order chi connectivity index (χ0) is 15.7. The van der Waals surface area contributed by atoms with Crippen LogP contribution in [0, 0.1) is 17.0 Å². The van der Waals surface area contributed by atoms with Gasteiger partial charge in [-0.05, 0) is 26.0 Å². The number of rotatable bonds is 4. The molecule has 0 amide bonds. The topological polar surface area (TPSA) is 98.3 Å². The fourth-order valence-corrected chi connectivity index (χ4v) is 2.20. The standard InChI is InChI=1S/C13H12ClN3O4/c1-3-16-13(19)11(7(2)15-16)12(18)9-5-4-8(14)6-10(9)17(20)21/h4-6,19H,3H2,1-2H3. The summed E-state index contributed by atoms with van der Waals surface area (Å²) in [6.07, 6.45) is 0. The molecule has 110 valence electrons. The van der Waals surface area contributed by atoms with Gasteiger partial charge in [-0.3, -0.25) is 14.9 Å². The number of ketones is 1. The van der Waals surface area contributed by atoms with Crippen molar-refractivity contribution in [2.45, 2.75) is 20.4 Å². The molecule has 2 aromatic rings. The number of hydrogen-bond donors (Lipinski definition) is 1. The summed E-state index contributed by atoms with van der Waals surface area (Å²) in [5.74, 6) is -0.961. The SMILES string of the molecule is CCn1nc(C)c(C(=O)c2ccc(Cl)cc2[N+](=O)[O-])c1O. The van der Waals surface area contributed by atoms with Crippen LogP contribution in [0.15, 0.2) is 18.2 Å². The lowest BCUT2D eigenvalue weighted by atomic mass is 10.0. The monoisotopic (exact) mass is 309 g/mol. The summed E-state index contributed by atoms with van der Waals surface area (Å²) < 4.78 is 1.25. The van der Waals surface area contributed by atoms with Crippen molar-refractivity contribution in [1.29, 1.82) is 0 Å². The molecule has 0 saturated carbocycles. The van der Waals surface area contributed by atoms with Crippen molar-refractivity contribution in [3.63, 3.8) is 0 Å². The maximum atomic E-state index is 12.5. The number of halogens is 1. The van der Waals surface area contributed by atoms with E-state index in [2.05, 4.69) is 5.10 Å².